The van der Waals surface area contributed by atoms with Gasteiger partial charge in [-0.25, -0.2) is 0 Å². The van der Waals surface area contributed by atoms with Gasteiger partial charge in [-0.1, -0.05) is 279 Å². The average molecular weight is 960 g/mol. The summed E-state index contributed by atoms with van der Waals surface area (Å²) in [6.45, 7) is 6.46. The molecule has 0 aliphatic heterocycles. The molecule has 6 heteroatoms. The first-order valence-electron chi connectivity index (χ1n) is 28.8. The largest absolute Gasteiger partial charge is 0.462 e. The van der Waals surface area contributed by atoms with Crippen molar-refractivity contribution >= 4 is 17.9 Å². The Balaban J connectivity index is 4.48. The molecule has 0 aromatic heterocycles. The van der Waals surface area contributed by atoms with Gasteiger partial charge in [0.15, 0.2) is 6.10 Å². The van der Waals surface area contributed by atoms with Gasteiger partial charge in [0.1, 0.15) is 13.2 Å². The van der Waals surface area contributed by atoms with Crippen molar-refractivity contribution in [2.75, 3.05) is 13.2 Å². The van der Waals surface area contributed by atoms with Crippen LogP contribution in [0.25, 0.3) is 0 Å². The molecular weight excluding hydrogens is 853 g/mol. The van der Waals surface area contributed by atoms with Crippen LogP contribution in [0.15, 0.2) is 97.2 Å². The van der Waals surface area contributed by atoms with Gasteiger partial charge in [0.25, 0.3) is 0 Å². The van der Waals surface area contributed by atoms with E-state index in [1.807, 2.05) is 72.9 Å². The lowest BCUT2D eigenvalue weighted by Crippen LogP contribution is -2.30. The molecule has 0 amide bonds. The molecule has 0 bridgehead atoms. The van der Waals surface area contributed by atoms with Gasteiger partial charge in [-0.2, -0.15) is 0 Å². The van der Waals surface area contributed by atoms with Crippen LogP contribution in [0.4, 0.5) is 0 Å². The fraction of sp³-hybridized carbons (Fsp3) is 0.698. The van der Waals surface area contributed by atoms with Crippen LogP contribution in [0.3, 0.4) is 0 Å². The minimum absolute atomic E-state index is 0.0990. The van der Waals surface area contributed by atoms with Crippen molar-refractivity contribution in [2.24, 2.45) is 0 Å². The van der Waals surface area contributed by atoms with Gasteiger partial charge in [0, 0.05) is 19.3 Å². The summed E-state index contributed by atoms with van der Waals surface area (Å²) in [6, 6.07) is 0. The molecule has 0 saturated heterocycles. The van der Waals surface area contributed by atoms with Crippen molar-refractivity contribution in [3.63, 3.8) is 0 Å². The molecule has 1 atom stereocenters. The van der Waals surface area contributed by atoms with E-state index in [1.54, 1.807) is 0 Å². The van der Waals surface area contributed by atoms with Crippen molar-refractivity contribution in [1.82, 2.24) is 0 Å². The number of carbonyl (C=O) groups excluding carboxylic acids is 3. The summed E-state index contributed by atoms with van der Waals surface area (Å²) < 4.78 is 16.8. The number of carbonyl (C=O) groups is 3. The van der Waals surface area contributed by atoms with E-state index in [0.717, 1.165) is 83.5 Å². The van der Waals surface area contributed by atoms with E-state index in [9.17, 15) is 14.4 Å². The molecule has 6 nitrogen and oxygen atoms in total. The second kappa shape index (κ2) is 56.9. The molecule has 0 aliphatic carbocycles. The summed E-state index contributed by atoms with van der Waals surface area (Å²) in [6.07, 6.45) is 75.4. The van der Waals surface area contributed by atoms with Gasteiger partial charge < -0.3 is 14.2 Å². The van der Waals surface area contributed by atoms with Crippen molar-refractivity contribution in [3.8, 4) is 0 Å². The van der Waals surface area contributed by atoms with Crippen LogP contribution in [0.2, 0.25) is 0 Å². The van der Waals surface area contributed by atoms with E-state index < -0.39 is 6.10 Å². The maximum Gasteiger partial charge on any atom is 0.306 e. The van der Waals surface area contributed by atoms with E-state index >= 15 is 0 Å². The van der Waals surface area contributed by atoms with E-state index in [2.05, 4.69) is 45.1 Å². The number of ether oxygens (including phenoxy) is 3. The lowest BCUT2D eigenvalue weighted by atomic mass is 10.0. The predicted molar refractivity (Wildman–Crippen MR) is 297 cm³/mol. The maximum atomic E-state index is 12.9. The Labute approximate surface area is 426 Å². The van der Waals surface area contributed by atoms with Crippen LogP contribution in [0.1, 0.15) is 265 Å². The first kappa shape index (κ1) is 65.3. The molecular formula is C63H106O6. The topological polar surface area (TPSA) is 78.9 Å². The zero-order valence-electron chi connectivity index (χ0n) is 45.0. The number of allylic oxidation sites excluding steroid dienone is 16. The Morgan fingerprint density at radius 1 is 0.304 bits per heavy atom. The average Bonchev–Trinajstić information content (AvgIpc) is 3.35. The first-order chi connectivity index (χ1) is 34.0. The molecule has 0 fully saturated rings. The Bertz CT molecular complexity index is 1380. The zero-order valence-corrected chi connectivity index (χ0v) is 45.0. The quantitative estimate of drug-likeness (QED) is 0.0199. The van der Waals surface area contributed by atoms with Gasteiger partial charge in [-0.15, -0.1) is 0 Å². The highest BCUT2D eigenvalue weighted by molar-refractivity contribution is 5.71. The Hall–Kier alpha value is -3.67. The van der Waals surface area contributed by atoms with Gasteiger partial charge >= 0.3 is 17.9 Å². The number of unbranched alkanes of at least 4 members (excludes halogenated alkanes) is 30. The molecule has 0 heterocycles. The van der Waals surface area contributed by atoms with Crippen molar-refractivity contribution < 1.29 is 28.6 Å². The summed E-state index contributed by atoms with van der Waals surface area (Å²) in [4.78, 5) is 38.2. The van der Waals surface area contributed by atoms with E-state index in [0.29, 0.717) is 19.3 Å². The third-order valence-electron chi connectivity index (χ3n) is 12.3. The standard InChI is InChI=1S/C63H106O6/c1-4-7-10-13-16-19-22-25-28-30-32-34-35-38-41-44-47-50-53-56-62(65)68-59-60(58-67-61(64)55-52-49-46-43-40-37-27-24-21-18-15-12-9-6-3)69-63(66)57-54-51-48-45-42-39-36-33-31-29-26-23-20-17-14-11-8-5-2/h7,10,13,16,19,22,25,28,30,32,34-35,37-38,40-41,60H,4-6,8-9,11-12,14-15,17-18,20-21,23-24,26-27,29,31,33,36,39,42-59H2,1-3H3/b10-7-,16-13-,22-19-,28-25-,32-30+,35-34-,40-37-,41-38-. The summed E-state index contributed by atoms with van der Waals surface area (Å²) in [5.41, 5.74) is 0. The summed E-state index contributed by atoms with van der Waals surface area (Å²) in [7, 11) is 0. The Morgan fingerprint density at radius 3 is 0.942 bits per heavy atom. The summed E-state index contributed by atoms with van der Waals surface area (Å²) in [5, 5.41) is 0. The second-order valence-corrected chi connectivity index (χ2v) is 19.0. The molecule has 0 aromatic rings. The molecule has 0 aliphatic rings. The van der Waals surface area contributed by atoms with Crippen molar-refractivity contribution in [3.05, 3.63) is 97.2 Å². The highest BCUT2D eigenvalue weighted by Crippen LogP contribution is 2.16. The van der Waals surface area contributed by atoms with Crippen LogP contribution in [0, 0.1) is 0 Å². The maximum absolute atomic E-state index is 12.9. The van der Waals surface area contributed by atoms with Crippen LogP contribution in [-0.4, -0.2) is 37.2 Å². The molecule has 0 spiro atoms. The molecule has 394 valence electrons. The van der Waals surface area contributed by atoms with Crippen LogP contribution in [0.5, 0.6) is 0 Å². The highest BCUT2D eigenvalue weighted by atomic mass is 16.6. The van der Waals surface area contributed by atoms with Crippen molar-refractivity contribution in [2.45, 2.75) is 271 Å². The number of esters is 3. The van der Waals surface area contributed by atoms with E-state index in [1.165, 1.54) is 141 Å². The molecule has 0 radical (unpaired) electrons. The van der Waals surface area contributed by atoms with E-state index in [-0.39, 0.29) is 31.1 Å². The van der Waals surface area contributed by atoms with E-state index in [4.69, 9.17) is 14.2 Å². The van der Waals surface area contributed by atoms with Crippen LogP contribution >= 0.6 is 0 Å². The van der Waals surface area contributed by atoms with Crippen LogP contribution < -0.4 is 0 Å². The molecule has 1 unspecified atom stereocenters. The summed E-state index contributed by atoms with van der Waals surface area (Å²) in [5.74, 6) is -0.953. The fourth-order valence-corrected chi connectivity index (χ4v) is 7.95. The third kappa shape index (κ3) is 55.1. The predicted octanol–water partition coefficient (Wildman–Crippen LogP) is 19.3. The lowest BCUT2D eigenvalue weighted by molar-refractivity contribution is -0.167. The minimum Gasteiger partial charge on any atom is -0.462 e. The molecule has 69 heavy (non-hydrogen) atoms. The Kier molecular flexibility index (Phi) is 53.9. The molecule has 0 N–H and O–H groups in total. The molecule has 0 aromatic carbocycles. The van der Waals surface area contributed by atoms with Gasteiger partial charge in [0.05, 0.1) is 0 Å². The van der Waals surface area contributed by atoms with Gasteiger partial charge in [-0.3, -0.25) is 14.4 Å². The van der Waals surface area contributed by atoms with Crippen molar-refractivity contribution in [1.29, 1.82) is 0 Å². The number of hydrogen-bond acceptors (Lipinski definition) is 6. The number of hydrogen-bond donors (Lipinski definition) is 0. The Morgan fingerprint density at radius 2 is 0.580 bits per heavy atom. The number of rotatable bonds is 51. The normalized spacial score (nSPS) is 12.8. The summed E-state index contributed by atoms with van der Waals surface area (Å²) >= 11 is 0. The van der Waals surface area contributed by atoms with Crippen LogP contribution in [-0.2, 0) is 28.6 Å². The second-order valence-electron chi connectivity index (χ2n) is 19.0. The zero-order chi connectivity index (χ0) is 50.0. The monoisotopic (exact) mass is 959 g/mol. The first-order valence-corrected chi connectivity index (χ1v) is 28.8. The smallest absolute Gasteiger partial charge is 0.306 e. The lowest BCUT2D eigenvalue weighted by Gasteiger charge is -2.18. The fourth-order valence-electron chi connectivity index (χ4n) is 7.95. The minimum atomic E-state index is -0.802. The SMILES string of the molecule is CC\C=C/C=C\C=C/C=C\C=C\C=C/C=C\CCCCCC(=O)OCC(COC(=O)CCCCC/C=C\CCCCCCCCC)OC(=O)CCCCCCCCCCCCCCCCCCCC. The highest BCUT2D eigenvalue weighted by Gasteiger charge is 2.19. The van der Waals surface area contributed by atoms with Gasteiger partial charge in [0.2, 0.25) is 0 Å². The third-order valence-corrected chi connectivity index (χ3v) is 12.3. The van der Waals surface area contributed by atoms with Gasteiger partial charge in [-0.05, 0) is 64.2 Å². The molecule has 0 saturated carbocycles. The molecule has 0 rings (SSSR count).